The molecule has 0 unspecified atom stereocenters. The highest BCUT2D eigenvalue weighted by molar-refractivity contribution is 7.92. The van der Waals surface area contributed by atoms with Crippen molar-refractivity contribution in [3.05, 3.63) is 64.4 Å². The van der Waals surface area contributed by atoms with Gasteiger partial charge >= 0.3 is 0 Å². The van der Waals surface area contributed by atoms with E-state index >= 15 is 0 Å². The van der Waals surface area contributed by atoms with Crippen LogP contribution in [0.4, 0.5) is 10.1 Å². The van der Waals surface area contributed by atoms with Crippen LogP contribution < -0.4 is 9.62 Å². The van der Waals surface area contributed by atoms with Crippen LogP contribution in [0.15, 0.2) is 42.5 Å². The second-order valence-corrected chi connectivity index (χ2v) is 8.91. The molecule has 0 atom stereocenters. The lowest BCUT2D eigenvalue weighted by atomic mass is 10.1. The van der Waals surface area contributed by atoms with Crippen LogP contribution >= 0.6 is 11.6 Å². The standard InChI is InChI=1S/C20H24ClFN2O3S/c1-15-5-10-18(14-19(15)21)24(28(2,26)27)13-3-4-20(25)23-12-11-16-6-8-17(22)9-7-16/h5-10,14H,3-4,11-13H2,1-2H3,(H,23,25). The third kappa shape index (κ3) is 6.80. The molecule has 0 aromatic heterocycles. The van der Waals surface area contributed by atoms with Crippen molar-refractivity contribution < 1.29 is 17.6 Å². The summed E-state index contributed by atoms with van der Waals surface area (Å²) in [4.78, 5) is 12.0. The summed E-state index contributed by atoms with van der Waals surface area (Å²) in [6.45, 7) is 2.46. The Hall–Kier alpha value is -2.12. The number of rotatable bonds is 9. The van der Waals surface area contributed by atoms with Crippen molar-refractivity contribution in [2.24, 2.45) is 0 Å². The van der Waals surface area contributed by atoms with Crippen LogP contribution in [0.2, 0.25) is 5.02 Å². The van der Waals surface area contributed by atoms with Gasteiger partial charge in [-0.2, -0.15) is 0 Å². The van der Waals surface area contributed by atoms with Gasteiger partial charge in [-0.05, 0) is 55.2 Å². The number of anilines is 1. The molecular formula is C20H24ClFN2O3S. The Bertz CT molecular complexity index is 918. The minimum absolute atomic E-state index is 0.155. The molecule has 0 bridgehead atoms. The van der Waals surface area contributed by atoms with E-state index in [2.05, 4.69) is 5.32 Å². The molecule has 2 aromatic carbocycles. The average molecular weight is 427 g/mol. The Kier molecular flexibility index (Phi) is 7.83. The van der Waals surface area contributed by atoms with Gasteiger partial charge in [-0.15, -0.1) is 0 Å². The molecule has 28 heavy (non-hydrogen) atoms. The molecule has 0 saturated heterocycles. The fourth-order valence-electron chi connectivity index (χ4n) is 2.69. The highest BCUT2D eigenvalue weighted by atomic mass is 35.5. The SMILES string of the molecule is Cc1ccc(N(CCCC(=O)NCCc2ccc(F)cc2)S(C)(=O)=O)cc1Cl. The maximum atomic E-state index is 12.9. The van der Waals surface area contributed by atoms with E-state index in [9.17, 15) is 17.6 Å². The number of carbonyl (C=O) groups excluding carboxylic acids is 1. The summed E-state index contributed by atoms with van der Waals surface area (Å²) in [7, 11) is -3.49. The minimum Gasteiger partial charge on any atom is -0.356 e. The van der Waals surface area contributed by atoms with Gasteiger partial charge < -0.3 is 5.32 Å². The second-order valence-electron chi connectivity index (χ2n) is 6.60. The number of sulfonamides is 1. The van der Waals surface area contributed by atoms with Gasteiger partial charge in [0.2, 0.25) is 15.9 Å². The lowest BCUT2D eigenvalue weighted by Gasteiger charge is -2.23. The Labute approximate surface area is 170 Å². The Morgan fingerprint density at radius 3 is 2.46 bits per heavy atom. The number of hydrogen-bond acceptors (Lipinski definition) is 3. The third-order valence-electron chi connectivity index (χ3n) is 4.26. The molecule has 0 radical (unpaired) electrons. The van der Waals surface area contributed by atoms with Gasteiger partial charge in [0.25, 0.3) is 0 Å². The predicted molar refractivity (Wildman–Crippen MR) is 111 cm³/mol. The maximum Gasteiger partial charge on any atom is 0.232 e. The van der Waals surface area contributed by atoms with Gasteiger partial charge in [-0.3, -0.25) is 9.10 Å². The molecule has 152 valence electrons. The molecule has 1 N–H and O–H groups in total. The maximum absolute atomic E-state index is 12.9. The molecule has 2 rings (SSSR count). The molecule has 0 saturated carbocycles. The van der Waals surface area contributed by atoms with E-state index in [1.165, 1.54) is 16.4 Å². The van der Waals surface area contributed by atoms with Crippen molar-refractivity contribution in [3.8, 4) is 0 Å². The molecule has 0 aliphatic heterocycles. The van der Waals surface area contributed by atoms with E-state index in [0.29, 0.717) is 30.1 Å². The first-order valence-electron chi connectivity index (χ1n) is 8.92. The van der Waals surface area contributed by atoms with Crippen molar-refractivity contribution >= 4 is 33.2 Å². The zero-order valence-corrected chi connectivity index (χ0v) is 17.5. The molecule has 8 heteroatoms. The first-order chi connectivity index (χ1) is 13.2. The normalized spacial score (nSPS) is 11.3. The number of benzene rings is 2. The largest absolute Gasteiger partial charge is 0.356 e. The lowest BCUT2D eigenvalue weighted by Crippen LogP contribution is -2.32. The summed E-state index contributed by atoms with van der Waals surface area (Å²) in [6.07, 6.45) is 2.31. The molecule has 0 spiro atoms. The van der Waals surface area contributed by atoms with Gasteiger partial charge in [0.15, 0.2) is 0 Å². The Morgan fingerprint density at radius 1 is 1.18 bits per heavy atom. The van der Waals surface area contributed by atoms with Gasteiger partial charge in [-0.1, -0.05) is 29.8 Å². The zero-order chi connectivity index (χ0) is 20.7. The van der Waals surface area contributed by atoms with E-state index < -0.39 is 10.0 Å². The summed E-state index contributed by atoms with van der Waals surface area (Å²) in [5.74, 6) is -0.449. The van der Waals surface area contributed by atoms with Crippen LogP contribution in [0, 0.1) is 12.7 Å². The molecular weight excluding hydrogens is 403 g/mol. The first kappa shape index (κ1) is 22.2. The number of nitrogens with one attached hydrogen (secondary N) is 1. The fourth-order valence-corrected chi connectivity index (χ4v) is 3.82. The van der Waals surface area contributed by atoms with Crippen molar-refractivity contribution in [3.63, 3.8) is 0 Å². The number of aryl methyl sites for hydroxylation is 1. The molecule has 2 aromatic rings. The number of nitrogens with zero attached hydrogens (tertiary/aromatic N) is 1. The zero-order valence-electron chi connectivity index (χ0n) is 15.9. The molecule has 0 heterocycles. The van der Waals surface area contributed by atoms with Crippen molar-refractivity contribution in [1.82, 2.24) is 5.32 Å². The van der Waals surface area contributed by atoms with Crippen LogP contribution in [-0.4, -0.2) is 33.7 Å². The predicted octanol–water partition coefficient (Wildman–Crippen LogP) is 3.69. The Balaban J connectivity index is 1.83. The highest BCUT2D eigenvalue weighted by Gasteiger charge is 2.18. The van der Waals surface area contributed by atoms with Gasteiger partial charge in [0, 0.05) is 24.5 Å². The quantitative estimate of drug-likeness (QED) is 0.665. The minimum atomic E-state index is -3.49. The summed E-state index contributed by atoms with van der Waals surface area (Å²) in [5, 5.41) is 3.28. The van der Waals surface area contributed by atoms with Crippen LogP contribution in [-0.2, 0) is 21.2 Å². The molecule has 0 aliphatic carbocycles. The second kappa shape index (κ2) is 9.89. The summed E-state index contributed by atoms with van der Waals surface area (Å²) < 4.78 is 38.3. The van der Waals surface area contributed by atoms with Gasteiger partial charge in [-0.25, -0.2) is 12.8 Å². The lowest BCUT2D eigenvalue weighted by molar-refractivity contribution is -0.121. The summed E-state index contributed by atoms with van der Waals surface area (Å²) >= 11 is 6.10. The van der Waals surface area contributed by atoms with Gasteiger partial charge in [0.1, 0.15) is 5.82 Å². The summed E-state index contributed by atoms with van der Waals surface area (Å²) in [6, 6.07) is 11.2. The molecule has 0 fully saturated rings. The van der Waals surface area contributed by atoms with Crippen molar-refractivity contribution in [2.45, 2.75) is 26.2 Å². The molecule has 1 amide bonds. The average Bonchev–Trinajstić information content (AvgIpc) is 2.62. The van der Waals surface area contributed by atoms with Crippen LogP contribution in [0.1, 0.15) is 24.0 Å². The third-order valence-corrected chi connectivity index (χ3v) is 5.86. The summed E-state index contributed by atoms with van der Waals surface area (Å²) in [5.41, 5.74) is 2.27. The molecule has 0 aliphatic rings. The number of halogens is 2. The highest BCUT2D eigenvalue weighted by Crippen LogP contribution is 2.25. The van der Waals surface area contributed by atoms with Crippen LogP contribution in [0.25, 0.3) is 0 Å². The van der Waals surface area contributed by atoms with Crippen LogP contribution in [0.5, 0.6) is 0 Å². The first-order valence-corrected chi connectivity index (χ1v) is 11.1. The number of hydrogen-bond donors (Lipinski definition) is 1. The van der Waals surface area contributed by atoms with E-state index in [4.69, 9.17) is 11.6 Å². The van der Waals surface area contributed by atoms with Gasteiger partial charge in [0.05, 0.1) is 11.9 Å². The fraction of sp³-hybridized carbons (Fsp3) is 0.350. The molecule has 5 nitrogen and oxygen atoms in total. The van der Waals surface area contributed by atoms with E-state index in [1.807, 2.05) is 6.92 Å². The number of carbonyl (C=O) groups is 1. The van der Waals surface area contributed by atoms with Crippen molar-refractivity contribution in [1.29, 1.82) is 0 Å². The van der Waals surface area contributed by atoms with E-state index in [0.717, 1.165) is 17.4 Å². The van der Waals surface area contributed by atoms with Crippen LogP contribution in [0.3, 0.4) is 0 Å². The van der Waals surface area contributed by atoms with Crippen molar-refractivity contribution in [2.75, 3.05) is 23.7 Å². The van der Waals surface area contributed by atoms with E-state index in [1.54, 1.807) is 30.3 Å². The topological polar surface area (TPSA) is 66.5 Å². The Morgan fingerprint density at radius 2 is 1.86 bits per heavy atom. The number of amides is 1. The van der Waals surface area contributed by atoms with E-state index in [-0.39, 0.29) is 24.7 Å². The monoisotopic (exact) mass is 426 g/mol. The smallest absolute Gasteiger partial charge is 0.232 e.